The molecule has 4 atom stereocenters. The molecule has 0 aromatic rings. The van der Waals surface area contributed by atoms with Crippen LogP contribution < -0.4 is 0 Å². The van der Waals surface area contributed by atoms with E-state index in [1.807, 2.05) is 41.5 Å². The van der Waals surface area contributed by atoms with Crippen molar-refractivity contribution in [3.05, 3.63) is 0 Å². The Kier molecular flexibility index (Phi) is 4.58. The summed E-state index contributed by atoms with van der Waals surface area (Å²) in [6.45, 7) is 20.4. The monoisotopic (exact) mass is 394 g/mol. The summed E-state index contributed by atoms with van der Waals surface area (Å²) in [5.41, 5.74) is -1.71. The van der Waals surface area contributed by atoms with Gasteiger partial charge >= 0.3 is 6.03 Å². The Morgan fingerprint density at radius 1 is 0.821 bits per heavy atom. The lowest BCUT2D eigenvalue weighted by Gasteiger charge is -2.59. The maximum absolute atomic E-state index is 13.6. The zero-order chi connectivity index (χ0) is 21.5. The van der Waals surface area contributed by atoms with Gasteiger partial charge in [0.25, 0.3) is 11.8 Å². The number of ether oxygens (including phenoxy) is 2. The first-order valence-electron chi connectivity index (χ1n) is 10.6. The fourth-order valence-electron chi connectivity index (χ4n) is 5.11. The van der Waals surface area contributed by atoms with Crippen molar-refractivity contribution in [1.82, 2.24) is 9.80 Å². The number of carbonyl (C=O) groups excluding carboxylic acids is 2. The van der Waals surface area contributed by atoms with E-state index in [1.165, 1.54) is 0 Å². The van der Waals surface area contributed by atoms with E-state index in [0.29, 0.717) is 6.42 Å². The predicted molar refractivity (Wildman–Crippen MR) is 107 cm³/mol. The molecule has 6 nitrogen and oxygen atoms in total. The molecule has 3 aliphatic heterocycles. The van der Waals surface area contributed by atoms with Crippen molar-refractivity contribution in [3.8, 4) is 0 Å². The second-order valence-electron chi connectivity index (χ2n) is 11.5. The van der Waals surface area contributed by atoms with Gasteiger partial charge in [0, 0.05) is 11.1 Å². The van der Waals surface area contributed by atoms with E-state index in [4.69, 9.17) is 9.47 Å². The number of amides is 2. The Morgan fingerprint density at radius 2 is 1.14 bits per heavy atom. The molecule has 28 heavy (non-hydrogen) atoms. The highest BCUT2D eigenvalue weighted by atomic mass is 16.8. The molecule has 0 bridgehead atoms. The zero-order valence-electron chi connectivity index (χ0n) is 19.3. The molecule has 3 fully saturated rings. The largest absolute Gasteiger partial charge is 0.350 e. The molecule has 6 heteroatoms. The molecule has 3 rings (SSSR count). The number of rotatable bonds is 2. The van der Waals surface area contributed by atoms with Crippen molar-refractivity contribution in [3.63, 3.8) is 0 Å². The minimum absolute atomic E-state index is 0.0811. The van der Waals surface area contributed by atoms with Crippen molar-refractivity contribution in [2.45, 2.75) is 118 Å². The Balaban J connectivity index is 2.26. The van der Waals surface area contributed by atoms with Gasteiger partial charge in [-0.15, -0.1) is 0 Å². The molecule has 0 saturated carbocycles. The summed E-state index contributed by atoms with van der Waals surface area (Å²) in [6, 6.07) is -1.46. The highest BCUT2D eigenvalue weighted by Crippen LogP contribution is 2.58. The van der Waals surface area contributed by atoms with Crippen molar-refractivity contribution in [2.24, 2.45) is 10.8 Å². The fourth-order valence-corrected chi connectivity index (χ4v) is 5.11. The number of carbonyl (C=O) groups is 2. The molecule has 3 heterocycles. The quantitative estimate of drug-likeness (QED) is 0.713. The maximum atomic E-state index is 13.6. The third kappa shape index (κ3) is 2.67. The van der Waals surface area contributed by atoms with Gasteiger partial charge in [-0.05, 0) is 43.9 Å². The van der Waals surface area contributed by atoms with Crippen LogP contribution in [-0.4, -0.2) is 50.9 Å². The lowest BCUT2D eigenvalue weighted by Crippen LogP contribution is -2.75. The smallest absolute Gasteiger partial charge is 0.301 e. The summed E-state index contributed by atoms with van der Waals surface area (Å²) in [6.07, 6.45) is 0.911. The highest BCUT2D eigenvalue weighted by Gasteiger charge is 2.76. The van der Waals surface area contributed by atoms with Crippen molar-refractivity contribution >= 4 is 11.8 Å². The van der Waals surface area contributed by atoms with E-state index >= 15 is 0 Å². The first-order chi connectivity index (χ1) is 12.6. The van der Waals surface area contributed by atoms with Crippen LogP contribution in [-0.2, 0) is 19.1 Å². The zero-order valence-corrected chi connectivity index (χ0v) is 19.3. The third-order valence-electron chi connectivity index (χ3n) is 6.94. The van der Waals surface area contributed by atoms with Crippen LogP contribution in [0.1, 0.15) is 88.5 Å². The van der Waals surface area contributed by atoms with Gasteiger partial charge in [-0.25, -0.2) is 0 Å². The van der Waals surface area contributed by atoms with Gasteiger partial charge in [-0.1, -0.05) is 55.4 Å². The van der Waals surface area contributed by atoms with E-state index in [1.54, 1.807) is 9.80 Å². The number of hydrogen-bond acceptors (Lipinski definition) is 4. The number of hydrogen-bond donors (Lipinski definition) is 0. The molecule has 0 aromatic heterocycles. The fraction of sp³-hybridized carbons (Fsp3) is 0.909. The Labute approximate surface area is 169 Å². The van der Waals surface area contributed by atoms with E-state index in [-0.39, 0.29) is 11.8 Å². The van der Waals surface area contributed by atoms with Gasteiger partial charge < -0.3 is 9.47 Å². The minimum Gasteiger partial charge on any atom is -0.301 e. The summed E-state index contributed by atoms with van der Waals surface area (Å²) in [5.74, 6) is -0.162. The van der Waals surface area contributed by atoms with Gasteiger partial charge in [0.15, 0.2) is 0 Å². The first kappa shape index (κ1) is 21.6. The Hall–Kier alpha value is -1.14. The van der Waals surface area contributed by atoms with Gasteiger partial charge in [0.1, 0.15) is 12.2 Å². The van der Waals surface area contributed by atoms with Crippen LogP contribution >= 0.6 is 0 Å². The second kappa shape index (κ2) is 5.94. The molecule has 1 spiro atoms. The minimum atomic E-state index is -1.46. The number of nitrogens with zero attached hydrogens (tertiary/aromatic N) is 2. The van der Waals surface area contributed by atoms with E-state index < -0.39 is 40.2 Å². The molecular formula is C22H38N2O4. The molecule has 3 saturated heterocycles. The second-order valence-corrected chi connectivity index (χ2v) is 11.5. The summed E-state index contributed by atoms with van der Waals surface area (Å²) in [7, 11) is 0. The molecule has 0 radical (unpaired) electrons. The van der Waals surface area contributed by atoms with Crippen LogP contribution in [0.3, 0.4) is 0 Å². The lowest BCUT2D eigenvalue weighted by molar-refractivity contribution is -0.385. The Bertz CT molecular complexity index is 634. The highest BCUT2D eigenvalue weighted by molar-refractivity contribution is 5.90. The molecule has 0 unspecified atom stereocenters. The normalized spacial score (nSPS) is 38.1. The van der Waals surface area contributed by atoms with Crippen LogP contribution in [0.15, 0.2) is 0 Å². The average molecular weight is 395 g/mol. The summed E-state index contributed by atoms with van der Waals surface area (Å²) in [4.78, 5) is 30.8. The van der Waals surface area contributed by atoms with Crippen LogP contribution in [0.25, 0.3) is 0 Å². The summed E-state index contributed by atoms with van der Waals surface area (Å²) >= 11 is 0. The van der Waals surface area contributed by atoms with E-state index in [0.717, 1.165) is 12.8 Å². The topological polar surface area (TPSA) is 59.1 Å². The molecule has 2 amide bonds. The van der Waals surface area contributed by atoms with E-state index in [9.17, 15) is 9.59 Å². The molecule has 0 N–H and O–H groups in total. The Morgan fingerprint density at radius 3 is 1.39 bits per heavy atom. The predicted octanol–water partition coefficient (Wildman–Crippen LogP) is 3.89. The summed E-state index contributed by atoms with van der Waals surface area (Å²) < 4.78 is 13.0. The SMILES string of the molecule is CC[C@]1(C)C[C@@](C)(CC)N2C(=O)[C@@H](C(C)(C)C)OC23O[C@H](C(C)(C)C)C(=O)N31. The van der Waals surface area contributed by atoms with Gasteiger partial charge in [0.05, 0.1) is 0 Å². The van der Waals surface area contributed by atoms with Gasteiger partial charge in [-0.2, -0.15) is 0 Å². The molecule has 0 aliphatic carbocycles. The standard InChI is InChI=1S/C22H38N2O4/c1-11-20(9)13-21(10,12-2)24-17(26)15(19(6,7)8)28-22(24)23(20)16(25)14(27-22)18(3,4)5/h14-15H,11-13H2,1-10H3/t14-,15-,20+,21+,22?/m0/s1. The lowest BCUT2D eigenvalue weighted by atomic mass is 9.75. The molecule has 160 valence electrons. The van der Waals surface area contributed by atoms with Crippen molar-refractivity contribution in [2.75, 3.05) is 0 Å². The maximum Gasteiger partial charge on any atom is 0.350 e. The van der Waals surface area contributed by atoms with Crippen LogP contribution in [0.5, 0.6) is 0 Å². The molecular weight excluding hydrogens is 356 g/mol. The third-order valence-corrected chi connectivity index (χ3v) is 6.94. The molecule has 0 aromatic carbocycles. The van der Waals surface area contributed by atoms with E-state index in [2.05, 4.69) is 27.7 Å². The molecule has 3 aliphatic rings. The van der Waals surface area contributed by atoms with Crippen molar-refractivity contribution < 1.29 is 19.1 Å². The first-order valence-corrected chi connectivity index (χ1v) is 10.6. The van der Waals surface area contributed by atoms with Crippen LogP contribution in [0.4, 0.5) is 0 Å². The van der Waals surface area contributed by atoms with Crippen molar-refractivity contribution in [1.29, 1.82) is 0 Å². The van der Waals surface area contributed by atoms with Crippen LogP contribution in [0.2, 0.25) is 0 Å². The van der Waals surface area contributed by atoms with Gasteiger partial charge in [-0.3, -0.25) is 19.4 Å². The van der Waals surface area contributed by atoms with Crippen LogP contribution in [0, 0.1) is 10.8 Å². The van der Waals surface area contributed by atoms with Gasteiger partial charge in [0.2, 0.25) is 0 Å². The summed E-state index contributed by atoms with van der Waals surface area (Å²) in [5, 5.41) is 0. The average Bonchev–Trinajstić information content (AvgIpc) is 3.02.